The van der Waals surface area contributed by atoms with Gasteiger partial charge in [-0.2, -0.15) is 0 Å². The van der Waals surface area contributed by atoms with Crippen LogP contribution in [0.4, 0.5) is 5.69 Å². The van der Waals surface area contributed by atoms with Crippen LogP contribution in [0, 0.1) is 11.8 Å². The summed E-state index contributed by atoms with van der Waals surface area (Å²) < 4.78 is 0. The summed E-state index contributed by atoms with van der Waals surface area (Å²) in [5, 5.41) is 0. The van der Waals surface area contributed by atoms with Gasteiger partial charge in [0, 0.05) is 18.0 Å². The van der Waals surface area contributed by atoms with E-state index in [1.54, 1.807) is 0 Å². The summed E-state index contributed by atoms with van der Waals surface area (Å²) in [6.45, 7) is 2.20. The monoisotopic (exact) mass is 203 g/mol. The Hall–Kier alpha value is -1.31. The van der Waals surface area contributed by atoms with E-state index in [1.165, 1.54) is 0 Å². The molecular weight excluding hydrogens is 186 g/mol. The van der Waals surface area contributed by atoms with Crippen molar-refractivity contribution >= 4 is 11.5 Å². The van der Waals surface area contributed by atoms with Crippen molar-refractivity contribution in [1.29, 1.82) is 0 Å². The third kappa shape index (κ3) is 2.20. The van der Waals surface area contributed by atoms with E-state index in [1.807, 2.05) is 24.3 Å². The zero-order valence-electron chi connectivity index (χ0n) is 9.07. The van der Waals surface area contributed by atoms with Crippen molar-refractivity contribution in [3.8, 4) is 0 Å². The van der Waals surface area contributed by atoms with Gasteiger partial charge >= 0.3 is 0 Å². The van der Waals surface area contributed by atoms with Crippen LogP contribution < -0.4 is 5.73 Å². The summed E-state index contributed by atoms with van der Waals surface area (Å²) >= 11 is 0. The van der Waals surface area contributed by atoms with Gasteiger partial charge in [0.25, 0.3) is 0 Å². The molecular formula is C13H17NO. The fourth-order valence-corrected chi connectivity index (χ4v) is 2.19. The number of para-hydroxylation sites is 1. The van der Waals surface area contributed by atoms with E-state index in [0.717, 1.165) is 30.0 Å². The Balaban J connectivity index is 1.97. The first kappa shape index (κ1) is 10.2. The average molecular weight is 203 g/mol. The molecule has 0 atom stereocenters. The van der Waals surface area contributed by atoms with E-state index in [2.05, 4.69) is 6.92 Å². The lowest BCUT2D eigenvalue weighted by molar-refractivity contribution is -0.125. The molecule has 0 aromatic heterocycles. The Morgan fingerprint density at radius 1 is 1.40 bits per heavy atom. The van der Waals surface area contributed by atoms with E-state index < -0.39 is 0 Å². The smallest absolute Gasteiger partial charge is 0.140 e. The molecule has 0 aliphatic heterocycles. The summed E-state index contributed by atoms with van der Waals surface area (Å²) in [6.07, 6.45) is 2.63. The number of rotatable bonds is 3. The third-order valence-electron chi connectivity index (χ3n) is 3.25. The zero-order valence-corrected chi connectivity index (χ0v) is 9.07. The molecule has 1 saturated carbocycles. The van der Waals surface area contributed by atoms with Gasteiger partial charge in [-0.1, -0.05) is 25.1 Å². The molecule has 1 aliphatic carbocycles. The summed E-state index contributed by atoms with van der Waals surface area (Å²) in [6, 6.07) is 7.62. The molecule has 0 bridgehead atoms. The number of carbonyl (C=O) groups excluding carboxylic acids is 1. The van der Waals surface area contributed by atoms with Crippen molar-refractivity contribution in [2.24, 2.45) is 11.8 Å². The molecule has 15 heavy (non-hydrogen) atoms. The lowest BCUT2D eigenvalue weighted by atomic mass is 9.73. The van der Waals surface area contributed by atoms with Gasteiger partial charge < -0.3 is 5.73 Å². The van der Waals surface area contributed by atoms with Crippen molar-refractivity contribution in [2.45, 2.75) is 26.2 Å². The minimum Gasteiger partial charge on any atom is -0.398 e. The van der Waals surface area contributed by atoms with Crippen LogP contribution in [-0.2, 0) is 11.2 Å². The van der Waals surface area contributed by atoms with Gasteiger partial charge in [-0.15, -0.1) is 0 Å². The molecule has 2 N–H and O–H groups in total. The van der Waals surface area contributed by atoms with Gasteiger partial charge in [0.05, 0.1) is 0 Å². The van der Waals surface area contributed by atoms with Crippen molar-refractivity contribution in [3.63, 3.8) is 0 Å². The van der Waals surface area contributed by atoms with Gasteiger partial charge in [-0.3, -0.25) is 4.79 Å². The van der Waals surface area contributed by atoms with Gasteiger partial charge in [0.2, 0.25) is 0 Å². The number of benzene rings is 1. The molecule has 0 saturated heterocycles. The van der Waals surface area contributed by atoms with Crippen molar-refractivity contribution in [1.82, 2.24) is 0 Å². The lowest BCUT2D eigenvalue weighted by Crippen LogP contribution is -2.29. The fourth-order valence-electron chi connectivity index (χ4n) is 2.19. The van der Waals surface area contributed by atoms with Crippen LogP contribution in [0.15, 0.2) is 24.3 Å². The summed E-state index contributed by atoms with van der Waals surface area (Å²) in [5.74, 6) is 1.37. The number of anilines is 1. The van der Waals surface area contributed by atoms with Gasteiger partial charge in [0.1, 0.15) is 5.78 Å². The second kappa shape index (κ2) is 4.05. The van der Waals surface area contributed by atoms with Crippen molar-refractivity contribution < 1.29 is 4.79 Å². The highest BCUT2D eigenvalue weighted by atomic mass is 16.1. The van der Waals surface area contributed by atoms with Gasteiger partial charge in [-0.25, -0.2) is 0 Å². The van der Waals surface area contributed by atoms with Crippen LogP contribution in [0.5, 0.6) is 0 Å². The molecule has 2 rings (SSSR count). The van der Waals surface area contributed by atoms with Crippen LogP contribution in [-0.4, -0.2) is 5.78 Å². The van der Waals surface area contributed by atoms with E-state index in [9.17, 15) is 4.79 Å². The molecule has 2 heteroatoms. The van der Waals surface area contributed by atoms with E-state index in [-0.39, 0.29) is 0 Å². The highest BCUT2D eigenvalue weighted by Gasteiger charge is 2.31. The lowest BCUT2D eigenvalue weighted by Gasteiger charge is -2.31. The first-order valence-electron chi connectivity index (χ1n) is 5.53. The van der Waals surface area contributed by atoms with E-state index in [4.69, 9.17) is 5.73 Å². The number of ketones is 1. The maximum Gasteiger partial charge on any atom is 0.140 e. The topological polar surface area (TPSA) is 43.1 Å². The maximum absolute atomic E-state index is 11.8. The summed E-state index contributed by atoms with van der Waals surface area (Å²) in [7, 11) is 0. The van der Waals surface area contributed by atoms with Crippen LogP contribution in [0.3, 0.4) is 0 Å². The standard InChI is InChI=1S/C13H17NO/c1-9-6-11(7-9)13(15)8-10-4-2-3-5-12(10)14/h2-5,9,11H,6-8,14H2,1H3. The Labute approximate surface area is 90.5 Å². The molecule has 0 heterocycles. The maximum atomic E-state index is 11.8. The number of Topliss-reactive ketones (excluding diaryl/α,β-unsaturated/α-hetero) is 1. The predicted octanol–water partition coefficient (Wildman–Crippen LogP) is 2.43. The first-order valence-corrected chi connectivity index (χ1v) is 5.53. The van der Waals surface area contributed by atoms with Crippen LogP contribution in [0.1, 0.15) is 25.3 Å². The molecule has 1 aromatic rings. The zero-order chi connectivity index (χ0) is 10.8. The Kier molecular flexibility index (Phi) is 2.76. The van der Waals surface area contributed by atoms with Crippen molar-refractivity contribution in [2.75, 3.05) is 5.73 Å². The number of nitrogens with two attached hydrogens (primary N) is 1. The molecule has 2 nitrogen and oxygen atoms in total. The molecule has 0 unspecified atom stereocenters. The normalized spacial score (nSPS) is 24.6. The summed E-state index contributed by atoms with van der Waals surface area (Å²) in [5.41, 5.74) is 7.51. The Morgan fingerprint density at radius 2 is 2.07 bits per heavy atom. The number of nitrogen functional groups attached to an aromatic ring is 1. The second-order valence-electron chi connectivity index (χ2n) is 4.62. The number of carbonyl (C=O) groups is 1. The molecule has 0 radical (unpaired) electrons. The number of hydrogen-bond donors (Lipinski definition) is 1. The van der Waals surface area contributed by atoms with Crippen LogP contribution >= 0.6 is 0 Å². The molecule has 80 valence electrons. The SMILES string of the molecule is CC1CC(C(=O)Cc2ccccc2N)C1. The Morgan fingerprint density at radius 3 is 2.67 bits per heavy atom. The fraction of sp³-hybridized carbons (Fsp3) is 0.462. The minimum atomic E-state index is 0.291. The Bertz CT molecular complexity index is 367. The van der Waals surface area contributed by atoms with E-state index >= 15 is 0 Å². The molecule has 1 fully saturated rings. The van der Waals surface area contributed by atoms with Crippen LogP contribution in [0.2, 0.25) is 0 Å². The number of hydrogen-bond acceptors (Lipinski definition) is 2. The largest absolute Gasteiger partial charge is 0.398 e. The average Bonchev–Trinajstić information content (AvgIpc) is 2.17. The molecule has 0 spiro atoms. The highest BCUT2D eigenvalue weighted by molar-refractivity contribution is 5.85. The minimum absolute atomic E-state index is 0.291. The third-order valence-corrected chi connectivity index (χ3v) is 3.25. The van der Waals surface area contributed by atoms with E-state index in [0.29, 0.717) is 18.1 Å². The molecule has 0 amide bonds. The molecule has 1 aromatic carbocycles. The van der Waals surface area contributed by atoms with Gasteiger partial charge in [0.15, 0.2) is 0 Å². The predicted molar refractivity (Wildman–Crippen MR) is 61.5 cm³/mol. The van der Waals surface area contributed by atoms with Crippen LogP contribution in [0.25, 0.3) is 0 Å². The van der Waals surface area contributed by atoms with Gasteiger partial charge in [-0.05, 0) is 30.4 Å². The quantitative estimate of drug-likeness (QED) is 0.767. The highest BCUT2D eigenvalue weighted by Crippen LogP contribution is 2.34. The first-order chi connectivity index (χ1) is 7.16. The summed E-state index contributed by atoms with van der Waals surface area (Å²) in [4.78, 5) is 11.8. The molecule has 1 aliphatic rings. The van der Waals surface area contributed by atoms with Crippen molar-refractivity contribution in [3.05, 3.63) is 29.8 Å². The second-order valence-corrected chi connectivity index (χ2v) is 4.62.